The predicted molar refractivity (Wildman–Crippen MR) is 78.1 cm³/mol. The van der Waals surface area contributed by atoms with E-state index < -0.39 is 24.1 Å². The lowest BCUT2D eigenvalue weighted by Crippen LogP contribution is -2.53. The van der Waals surface area contributed by atoms with Crippen molar-refractivity contribution < 1.29 is 27.1 Å². The molecule has 1 aliphatic carbocycles. The Balaban J connectivity index is 1.83. The molecule has 0 aromatic carbocycles. The highest BCUT2D eigenvalue weighted by Crippen LogP contribution is 2.38. The van der Waals surface area contributed by atoms with Gasteiger partial charge in [-0.25, -0.2) is 18.6 Å². The molecule has 0 unspecified atom stereocenters. The van der Waals surface area contributed by atoms with E-state index in [1.54, 1.807) is 13.0 Å². The molecule has 0 atom stereocenters. The Morgan fingerprint density at radius 1 is 1.33 bits per heavy atom. The van der Waals surface area contributed by atoms with Crippen LogP contribution in [0.4, 0.5) is 22.4 Å². The zero-order chi connectivity index (χ0) is 17.8. The summed E-state index contributed by atoms with van der Waals surface area (Å²) in [6, 6.07) is 2.33. The number of aromatic nitrogens is 1. The number of pyridine rings is 1. The van der Waals surface area contributed by atoms with Crippen molar-refractivity contribution in [2.45, 2.75) is 57.2 Å². The number of urea groups is 1. The number of amides is 2. The first-order valence-corrected chi connectivity index (χ1v) is 7.51. The molecule has 2 N–H and O–H groups in total. The van der Waals surface area contributed by atoms with Crippen LogP contribution in [0.5, 0.6) is 5.88 Å². The number of carbonyl (C=O) groups excluding carboxylic acids is 1. The van der Waals surface area contributed by atoms with Gasteiger partial charge in [0.1, 0.15) is 0 Å². The van der Waals surface area contributed by atoms with Crippen LogP contribution >= 0.6 is 0 Å². The topological polar surface area (TPSA) is 63.2 Å². The van der Waals surface area contributed by atoms with E-state index in [0.717, 1.165) is 0 Å². The van der Waals surface area contributed by atoms with Crippen molar-refractivity contribution in [3.05, 3.63) is 23.9 Å². The molecule has 134 valence electrons. The highest BCUT2D eigenvalue weighted by Gasteiger charge is 2.41. The van der Waals surface area contributed by atoms with E-state index in [4.69, 9.17) is 0 Å². The summed E-state index contributed by atoms with van der Waals surface area (Å²) in [5.74, 6) is -2.92. The van der Waals surface area contributed by atoms with E-state index in [1.807, 2.05) is 0 Å². The van der Waals surface area contributed by atoms with Crippen LogP contribution in [0.3, 0.4) is 0 Å². The van der Waals surface area contributed by atoms with Crippen LogP contribution in [0.15, 0.2) is 18.3 Å². The Morgan fingerprint density at radius 2 is 2.00 bits per heavy atom. The van der Waals surface area contributed by atoms with Crippen LogP contribution in [-0.2, 0) is 6.54 Å². The fraction of sp³-hybridized carbons (Fsp3) is 0.600. The summed E-state index contributed by atoms with van der Waals surface area (Å²) >= 11 is 0. The second-order valence-corrected chi connectivity index (χ2v) is 6.11. The summed E-state index contributed by atoms with van der Waals surface area (Å²) in [5.41, 5.74) is -0.162. The summed E-state index contributed by atoms with van der Waals surface area (Å²) < 4.78 is 54.8. The predicted octanol–water partition coefficient (Wildman–Crippen LogP) is 3.45. The smallest absolute Gasteiger partial charge is 0.388 e. The Labute approximate surface area is 136 Å². The Hall–Kier alpha value is -2.06. The van der Waals surface area contributed by atoms with Gasteiger partial charge in [-0.15, -0.1) is 0 Å². The fourth-order valence-electron chi connectivity index (χ4n) is 2.51. The summed E-state index contributed by atoms with van der Waals surface area (Å²) in [6.45, 7) is -1.18. The van der Waals surface area contributed by atoms with Crippen LogP contribution < -0.4 is 15.4 Å². The van der Waals surface area contributed by atoms with Crippen LogP contribution in [0.1, 0.15) is 38.2 Å². The number of carbonyl (C=O) groups is 1. The lowest BCUT2D eigenvalue weighted by atomic mass is 9.81. The van der Waals surface area contributed by atoms with Crippen molar-refractivity contribution in [2.75, 3.05) is 0 Å². The summed E-state index contributed by atoms with van der Waals surface area (Å²) in [7, 11) is 0. The molecule has 0 bridgehead atoms. The average Bonchev–Trinajstić information content (AvgIpc) is 2.49. The third-order valence-corrected chi connectivity index (χ3v) is 3.96. The lowest BCUT2D eigenvalue weighted by molar-refractivity contribution is -0.0530. The number of hydrogen-bond acceptors (Lipinski definition) is 3. The molecule has 2 rings (SSSR count). The van der Waals surface area contributed by atoms with Gasteiger partial charge in [0.05, 0.1) is 0 Å². The zero-order valence-electron chi connectivity index (χ0n) is 13.1. The molecule has 1 saturated carbocycles. The summed E-state index contributed by atoms with van der Waals surface area (Å²) in [5, 5.41) is 5.26. The van der Waals surface area contributed by atoms with Crippen LogP contribution in [0, 0.1) is 0 Å². The third-order valence-electron chi connectivity index (χ3n) is 3.96. The van der Waals surface area contributed by atoms with Gasteiger partial charge in [-0.2, -0.15) is 8.78 Å². The van der Waals surface area contributed by atoms with Crippen molar-refractivity contribution in [1.29, 1.82) is 0 Å². The minimum atomic E-state index is -2.98. The standard InChI is InChI=1S/C15H19F4N3O2/c1-14(3-5-15(18,19)6-4-14)22-13(23)21-9-10-2-7-20-11(8-10)24-12(16)17/h2,7-8,12H,3-6,9H2,1H3,(H2,21,22,23). The molecule has 0 radical (unpaired) electrons. The molecular weight excluding hydrogens is 330 g/mol. The van der Waals surface area contributed by atoms with E-state index in [2.05, 4.69) is 20.4 Å². The molecular formula is C15H19F4N3O2. The minimum Gasteiger partial charge on any atom is -0.417 e. The molecule has 1 heterocycles. The van der Waals surface area contributed by atoms with Gasteiger partial charge in [-0.3, -0.25) is 0 Å². The number of nitrogens with one attached hydrogen (secondary N) is 2. The number of nitrogens with zero attached hydrogens (tertiary/aromatic N) is 1. The second-order valence-electron chi connectivity index (χ2n) is 6.11. The molecule has 5 nitrogen and oxygen atoms in total. The maximum atomic E-state index is 13.2. The van der Waals surface area contributed by atoms with E-state index in [9.17, 15) is 22.4 Å². The largest absolute Gasteiger partial charge is 0.417 e. The first kappa shape index (κ1) is 18.3. The number of ether oxygens (including phenoxy) is 1. The van der Waals surface area contributed by atoms with Gasteiger partial charge in [-0.1, -0.05) is 0 Å². The van der Waals surface area contributed by atoms with Crippen molar-refractivity contribution in [3.63, 3.8) is 0 Å². The van der Waals surface area contributed by atoms with Crippen molar-refractivity contribution in [2.24, 2.45) is 0 Å². The van der Waals surface area contributed by atoms with Gasteiger partial charge in [0, 0.05) is 37.2 Å². The SMILES string of the molecule is CC1(NC(=O)NCc2ccnc(OC(F)F)c2)CCC(F)(F)CC1. The Kier molecular flexibility index (Phi) is 5.51. The normalized spacial score (nSPS) is 18.9. The molecule has 0 spiro atoms. The quantitative estimate of drug-likeness (QED) is 0.801. The van der Waals surface area contributed by atoms with Gasteiger partial charge in [0.15, 0.2) is 0 Å². The second kappa shape index (κ2) is 7.23. The van der Waals surface area contributed by atoms with Crippen molar-refractivity contribution in [1.82, 2.24) is 15.6 Å². The molecule has 1 aromatic rings. The first-order chi connectivity index (χ1) is 11.2. The molecule has 1 aromatic heterocycles. The number of rotatable bonds is 5. The number of hydrogen-bond donors (Lipinski definition) is 2. The van der Waals surface area contributed by atoms with Crippen LogP contribution in [0.2, 0.25) is 0 Å². The molecule has 0 aliphatic heterocycles. The maximum Gasteiger partial charge on any atom is 0.388 e. The zero-order valence-corrected chi connectivity index (χ0v) is 13.1. The Morgan fingerprint density at radius 3 is 2.62 bits per heavy atom. The van der Waals surface area contributed by atoms with E-state index >= 15 is 0 Å². The van der Waals surface area contributed by atoms with Gasteiger partial charge in [0.25, 0.3) is 0 Å². The minimum absolute atomic E-state index is 0.0696. The molecule has 0 saturated heterocycles. The van der Waals surface area contributed by atoms with E-state index in [1.165, 1.54) is 12.3 Å². The van der Waals surface area contributed by atoms with Crippen LogP contribution in [-0.4, -0.2) is 29.1 Å². The summed E-state index contributed by atoms with van der Waals surface area (Å²) in [6.07, 6.45) is 1.15. The lowest BCUT2D eigenvalue weighted by Gasteiger charge is -2.37. The van der Waals surface area contributed by atoms with Crippen molar-refractivity contribution >= 4 is 6.03 Å². The monoisotopic (exact) mass is 349 g/mol. The first-order valence-electron chi connectivity index (χ1n) is 7.51. The molecule has 24 heavy (non-hydrogen) atoms. The van der Waals surface area contributed by atoms with E-state index in [0.29, 0.717) is 5.56 Å². The van der Waals surface area contributed by atoms with Gasteiger partial charge in [-0.05, 0) is 31.4 Å². The maximum absolute atomic E-state index is 13.2. The summed E-state index contributed by atoms with van der Waals surface area (Å²) in [4.78, 5) is 15.6. The Bertz CT molecular complexity index is 574. The molecule has 1 fully saturated rings. The number of alkyl halides is 4. The average molecular weight is 349 g/mol. The number of halogens is 4. The van der Waals surface area contributed by atoms with Crippen LogP contribution in [0.25, 0.3) is 0 Å². The highest BCUT2D eigenvalue weighted by atomic mass is 19.3. The molecule has 1 aliphatic rings. The molecule has 2 amide bonds. The van der Waals surface area contributed by atoms with Gasteiger partial charge < -0.3 is 15.4 Å². The van der Waals surface area contributed by atoms with Gasteiger partial charge >= 0.3 is 12.6 Å². The highest BCUT2D eigenvalue weighted by molar-refractivity contribution is 5.74. The van der Waals surface area contributed by atoms with Crippen molar-refractivity contribution in [3.8, 4) is 5.88 Å². The third kappa shape index (κ3) is 5.54. The molecule has 9 heteroatoms. The fourth-order valence-corrected chi connectivity index (χ4v) is 2.51. The van der Waals surface area contributed by atoms with Gasteiger partial charge in [0.2, 0.25) is 11.8 Å². The van der Waals surface area contributed by atoms with E-state index in [-0.39, 0.29) is 38.1 Å².